The standard InChI is InChI=1S/C45H81N11O13/c1-14-27(51-35(59)26(8)49-37(61)29(18-23(2)3)54-39(63)31(50-33(57)22-46)21-34(58)69-44(9,10)11)36(60)53-30(19-24(4)5)38(62)52-28(16-15-17-48-43(47)68)40(64)56-45(12,13)42(67)55-32(41(65)66)20-25(6)7/h23-32H,14-22,46H2,1-13H3,(H,49,61)(H,50,57)(H,51,59)(H,52,62)(H,53,60)(H,54,63)(H,55,67)(H,56,64)(H,65,66)(H3,47,48,68)/t26-,27-,28-,29-,30-,31-,32-/m0/s1. The van der Waals surface area contributed by atoms with Gasteiger partial charge in [0.05, 0.1) is 13.0 Å². The summed E-state index contributed by atoms with van der Waals surface area (Å²) in [7, 11) is 0. The van der Waals surface area contributed by atoms with Crippen molar-refractivity contribution < 1.29 is 62.6 Å². The van der Waals surface area contributed by atoms with Gasteiger partial charge in [-0.2, -0.15) is 0 Å². The number of carboxylic acid groups (broad SMARTS) is 1. The molecule has 69 heavy (non-hydrogen) atoms. The van der Waals surface area contributed by atoms with Gasteiger partial charge in [0.15, 0.2) is 0 Å². The van der Waals surface area contributed by atoms with Crippen LogP contribution in [0.5, 0.6) is 0 Å². The fourth-order valence-corrected chi connectivity index (χ4v) is 6.53. The maximum absolute atomic E-state index is 13.9. The van der Waals surface area contributed by atoms with Crippen molar-refractivity contribution in [3.63, 3.8) is 0 Å². The molecular weight excluding hydrogens is 903 g/mol. The Balaban J connectivity index is 6.24. The number of carbonyl (C=O) groups excluding carboxylic acids is 10. The normalized spacial score (nSPS) is 14.6. The van der Waals surface area contributed by atoms with Crippen LogP contribution in [0, 0.1) is 17.8 Å². The van der Waals surface area contributed by atoms with E-state index in [2.05, 4.69) is 47.9 Å². The highest BCUT2D eigenvalue weighted by atomic mass is 16.6. The molecule has 0 aliphatic rings. The molecular formula is C45H81N11O13. The highest BCUT2D eigenvalue weighted by Crippen LogP contribution is 2.14. The van der Waals surface area contributed by atoms with E-state index in [-0.39, 0.29) is 62.8 Å². The van der Waals surface area contributed by atoms with E-state index in [1.54, 1.807) is 69.2 Å². The molecule has 0 bridgehead atoms. The van der Waals surface area contributed by atoms with Crippen molar-refractivity contribution in [2.24, 2.45) is 29.2 Å². The summed E-state index contributed by atoms with van der Waals surface area (Å²) >= 11 is 0. The van der Waals surface area contributed by atoms with Gasteiger partial charge < -0.3 is 69.2 Å². The van der Waals surface area contributed by atoms with Gasteiger partial charge in [0.2, 0.25) is 47.3 Å². The second kappa shape index (κ2) is 29.7. The molecule has 0 radical (unpaired) electrons. The summed E-state index contributed by atoms with van der Waals surface area (Å²) in [6, 6.07) is -9.82. The molecule has 0 spiro atoms. The first-order valence-electron chi connectivity index (χ1n) is 23.3. The van der Waals surface area contributed by atoms with Gasteiger partial charge >= 0.3 is 18.0 Å². The molecule has 394 valence electrons. The van der Waals surface area contributed by atoms with Gasteiger partial charge in [0.25, 0.3) is 0 Å². The third-order valence-electron chi connectivity index (χ3n) is 10.0. The topological polar surface area (TPSA) is 378 Å². The average Bonchev–Trinajstić information content (AvgIpc) is 3.20. The van der Waals surface area contributed by atoms with Crippen LogP contribution >= 0.6 is 0 Å². The number of esters is 1. The third kappa shape index (κ3) is 25.8. The Labute approximate surface area is 405 Å². The molecule has 0 aromatic carbocycles. The molecule has 24 nitrogen and oxygen atoms in total. The van der Waals surface area contributed by atoms with Crippen LogP contribution < -0.4 is 59.3 Å². The van der Waals surface area contributed by atoms with Gasteiger partial charge in [-0.25, -0.2) is 9.59 Å². The van der Waals surface area contributed by atoms with Crippen LogP contribution in [0.1, 0.15) is 135 Å². The van der Waals surface area contributed by atoms with Crippen molar-refractivity contribution in [2.75, 3.05) is 13.1 Å². The summed E-state index contributed by atoms with van der Waals surface area (Å²) in [5, 5.41) is 32.3. The molecule has 0 unspecified atom stereocenters. The minimum absolute atomic E-state index is 0.0233. The van der Waals surface area contributed by atoms with Crippen LogP contribution in [0.15, 0.2) is 0 Å². The number of nitrogens with one attached hydrogen (secondary N) is 9. The molecule has 24 heteroatoms. The molecule has 0 aliphatic heterocycles. The monoisotopic (exact) mass is 984 g/mol. The van der Waals surface area contributed by atoms with Crippen LogP contribution in [0.4, 0.5) is 4.79 Å². The number of hydrogen-bond acceptors (Lipinski definition) is 13. The minimum atomic E-state index is -1.66. The SMILES string of the molecule is CC[C@H](NC(=O)[C@H](C)NC(=O)[C@H](CC(C)C)NC(=O)[C@H](CC(=O)OC(C)(C)C)NC(=O)CN)C(=O)N[C@@H](CC(C)C)C(=O)N[C@@H](CCCNC(N)=O)C(=O)NC(C)(C)C(=O)N[C@@H](CC(C)C)C(=O)O. The Morgan fingerprint density at radius 3 is 1.46 bits per heavy atom. The number of carboxylic acids is 1. The van der Waals surface area contributed by atoms with Crippen molar-refractivity contribution in [1.82, 2.24) is 47.9 Å². The molecule has 14 N–H and O–H groups in total. The number of carbonyl (C=O) groups is 11. The van der Waals surface area contributed by atoms with Crippen molar-refractivity contribution in [1.29, 1.82) is 0 Å². The molecule has 7 atom stereocenters. The Kier molecular flexibility index (Phi) is 27.1. The lowest BCUT2D eigenvalue weighted by Gasteiger charge is -2.31. The first-order valence-corrected chi connectivity index (χ1v) is 23.3. The summed E-state index contributed by atoms with van der Waals surface area (Å²) in [6.07, 6.45) is -0.188. The van der Waals surface area contributed by atoms with E-state index >= 15 is 0 Å². The van der Waals surface area contributed by atoms with Gasteiger partial charge in [0, 0.05) is 6.54 Å². The predicted octanol–water partition coefficient (Wildman–Crippen LogP) is -0.933. The Hall–Kier alpha value is -6.07. The molecule has 0 saturated carbocycles. The van der Waals surface area contributed by atoms with E-state index < -0.39 is 132 Å². The lowest BCUT2D eigenvalue weighted by atomic mass is 9.98. The van der Waals surface area contributed by atoms with Gasteiger partial charge in [0.1, 0.15) is 53.4 Å². The second-order valence-corrected chi connectivity index (χ2v) is 19.8. The summed E-state index contributed by atoms with van der Waals surface area (Å²) in [5.41, 5.74) is 8.04. The second-order valence-electron chi connectivity index (χ2n) is 19.8. The van der Waals surface area contributed by atoms with Crippen LogP contribution in [0.3, 0.4) is 0 Å². The smallest absolute Gasteiger partial charge is 0.326 e. The Bertz CT molecular complexity index is 1800. The number of ether oxygens (including phenoxy) is 1. The number of rotatable bonds is 30. The summed E-state index contributed by atoms with van der Waals surface area (Å²) < 4.78 is 5.30. The van der Waals surface area contributed by atoms with E-state index in [0.717, 1.165) is 0 Å². The zero-order valence-electron chi connectivity index (χ0n) is 42.6. The summed E-state index contributed by atoms with van der Waals surface area (Å²) in [5.74, 6) is -8.85. The molecule has 10 amide bonds. The van der Waals surface area contributed by atoms with Gasteiger partial charge in [-0.3, -0.25) is 43.2 Å². The molecule has 0 heterocycles. The number of hydrogen-bond donors (Lipinski definition) is 12. The van der Waals surface area contributed by atoms with Crippen molar-refractivity contribution in [3.8, 4) is 0 Å². The zero-order chi connectivity index (χ0) is 53.6. The Morgan fingerprint density at radius 2 is 1.01 bits per heavy atom. The van der Waals surface area contributed by atoms with Crippen LogP contribution in [-0.2, 0) is 52.7 Å². The number of urea groups is 1. The molecule has 0 fully saturated rings. The molecule has 0 aliphatic carbocycles. The van der Waals surface area contributed by atoms with Crippen molar-refractivity contribution in [3.05, 3.63) is 0 Å². The highest BCUT2D eigenvalue weighted by Gasteiger charge is 2.37. The number of primary amides is 1. The molecule has 0 aromatic heterocycles. The maximum Gasteiger partial charge on any atom is 0.326 e. The van der Waals surface area contributed by atoms with Crippen molar-refractivity contribution in [2.45, 2.75) is 188 Å². The largest absolute Gasteiger partial charge is 0.480 e. The van der Waals surface area contributed by atoms with Gasteiger partial charge in [-0.1, -0.05) is 48.5 Å². The lowest BCUT2D eigenvalue weighted by molar-refractivity contribution is -0.156. The van der Waals surface area contributed by atoms with Gasteiger partial charge in [-0.15, -0.1) is 0 Å². The van der Waals surface area contributed by atoms with Crippen molar-refractivity contribution >= 4 is 65.2 Å². The fraction of sp³-hybridized carbons (Fsp3) is 0.756. The molecule has 0 rings (SSSR count). The van der Waals surface area contributed by atoms with E-state index in [4.69, 9.17) is 16.2 Å². The highest BCUT2D eigenvalue weighted by molar-refractivity contribution is 5.99. The number of aliphatic carboxylic acids is 1. The van der Waals surface area contributed by atoms with Crippen LogP contribution in [-0.4, -0.2) is 137 Å². The van der Waals surface area contributed by atoms with E-state index in [1.807, 2.05) is 0 Å². The van der Waals surface area contributed by atoms with E-state index in [9.17, 15) is 57.8 Å². The summed E-state index contributed by atoms with van der Waals surface area (Å²) in [4.78, 5) is 143. The summed E-state index contributed by atoms with van der Waals surface area (Å²) in [6.45, 7) is 20.8. The Morgan fingerprint density at radius 1 is 0.565 bits per heavy atom. The maximum atomic E-state index is 13.9. The first kappa shape index (κ1) is 62.9. The lowest BCUT2D eigenvalue weighted by Crippen LogP contribution is -2.62. The first-order chi connectivity index (χ1) is 31.7. The number of amides is 10. The van der Waals surface area contributed by atoms with Crippen LogP contribution in [0.2, 0.25) is 0 Å². The zero-order valence-corrected chi connectivity index (χ0v) is 42.6. The number of nitrogens with two attached hydrogens (primary N) is 2. The molecule has 0 aromatic rings. The van der Waals surface area contributed by atoms with E-state index in [1.165, 1.54) is 20.8 Å². The average molecular weight is 984 g/mol. The van der Waals surface area contributed by atoms with Gasteiger partial charge in [-0.05, 0) is 97.8 Å². The quantitative estimate of drug-likeness (QED) is 0.0306. The fourth-order valence-electron chi connectivity index (χ4n) is 6.53. The van der Waals surface area contributed by atoms with E-state index in [0.29, 0.717) is 0 Å². The predicted molar refractivity (Wildman–Crippen MR) is 254 cm³/mol. The third-order valence-corrected chi connectivity index (χ3v) is 10.0. The minimum Gasteiger partial charge on any atom is -0.480 e. The molecule has 0 saturated heterocycles. The van der Waals surface area contributed by atoms with Crippen LogP contribution in [0.25, 0.3) is 0 Å².